The van der Waals surface area contributed by atoms with Crippen LogP contribution in [0.3, 0.4) is 0 Å². The van der Waals surface area contributed by atoms with E-state index in [4.69, 9.17) is 5.11 Å². The SMILES string of the molecule is O=C(O)c1cc[nH]c(=O)c1-c1ccccc1F. The standard InChI is InChI=1S/C12H8FNO3/c13-9-4-2-1-3-7(9)10-8(12(16)17)5-6-14-11(10)15/h1-6H,(H,14,15)(H,16,17). The Morgan fingerprint density at radius 3 is 2.59 bits per heavy atom. The van der Waals surface area contributed by atoms with Crippen molar-refractivity contribution in [1.29, 1.82) is 0 Å². The molecule has 2 aromatic rings. The third-order valence-electron chi connectivity index (χ3n) is 2.33. The van der Waals surface area contributed by atoms with Crippen LogP contribution in [-0.2, 0) is 0 Å². The van der Waals surface area contributed by atoms with Crippen molar-refractivity contribution < 1.29 is 14.3 Å². The number of nitrogens with one attached hydrogen (secondary N) is 1. The summed E-state index contributed by atoms with van der Waals surface area (Å²) in [6.45, 7) is 0. The van der Waals surface area contributed by atoms with Crippen LogP contribution in [-0.4, -0.2) is 16.1 Å². The number of benzene rings is 1. The molecule has 0 spiro atoms. The fourth-order valence-electron chi connectivity index (χ4n) is 1.59. The van der Waals surface area contributed by atoms with E-state index in [1.807, 2.05) is 0 Å². The first-order valence-electron chi connectivity index (χ1n) is 4.81. The van der Waals surface area contributed by atoms with Gasteiger partial charge in [0.15, 0.2) is 0 Å². The van der Waals surface area contributed by atoms with Crippen molar-refractivity contribution in [1.82, 2.24) is 4.98 Å². The molecule has 4 nitrogen and oxygen atoms in total. The van der Waals surface area contributed by atoms with E-state index < -0.39 is 17.3 Å². The van der Waals surface area contributed by atoms with Crippen molar-refractivity contribution in [3.63, 3.8) is 0 Å². The molecule has 0 saturated heterocycles. The number of hydrogen-bond donors (Lipinski definition) is 2. The molecule has 0 aliphatic rings. The van der Waals surface area contributed by atoms with Gasteiger partial charge in [0.2, 0.25) is 0 Å². The van der Waals surface area contributed by atoms with E-state index in [1.54, 1.807) is 0 Å². The second-order valence-electron chi connectivity index (χ2n) is 3.38. The molecule has 0 amide bonds. The number of carboxylic acids is 1. The molecule has 0 radical (unpaired) electrons. The smallest absolute Gasteiger partial charge is 0.336 e. The minimum Gasteiger partial charge on any atom is -0.478 e. The number of rotatable bonds is 2. The van der Waals surface area contributed by atoms with Crippen LogP contribution >= 0.6 is 0 Å². The third kappa shape index (κ3) is 1.94. The predicted molar refractivity (Wildman–Crippen MR) is 59.4 cm³/mol. The van der Waals surface area contributed by atoms with Crippen LogP contribution in [0.25, 0.3) is 11.1 Å². The summed E-state index contributed by atoms with van der Waals surface area (Å²) in [5.74, 6) is -1.90. The van der Waals surface area contributed by atoms with E-state index in [0.29, 0.717) is 0 Å². The zero-order valence-corrected chi connectivity index (χ0v) is 8.61. The van der Waals surface area contributed by atoms with Crippen LogP contribution < -0.4 is 5.56 Å². The van der Waals surface area contributed by atoms with Crippen LogP contribution in [0.5, 0.6) is 0 Å². The lowest BCUT2D eigenvalue weighted by molar-refractivity contribution is 0.0697. The number of aromatic nitrogens is 1. The fourth-order valence-corrected chi connectivity index (χ4v) is 1.59. The molecule has 5 heteroatoms. The first kappa shape index (κ1) is 11.1. The van der Waals surface area contributed by atoms with E-state index in [0.717, 1.165) is 0 Å². The maximum absolute atomic E-state index is 13.6. The van der Waals surface area contributed by atoms with Gasteiger partial charge in [-0.05, 0) is 12.1 Å². The second-order valence-corrected chi connectivity index (χ2v) is 3.38. The van der Waals surface area contributed by atoms with Crippen molar-refractivity contribution in [3.8, 4) is 11.1 Å². The van der Waals surface area contributed by atoms with Crippen LogP contribution in [0.1, 0.15) is 10.4 Å². The van der Waals surface area contributed by atoms with E-state index in [1.165, 1.54) is 36.5 Å². The Morgan fingerprint density at radius 1 is 1.24 bits per heavy atom. The molecule has 0 aliphatic heterocycles. The Labute approximate surface area is 95.4 Å². The maximum Gasteiger partial charge on any atom is 0.336 e. The van der Waals surface area contributed by atoms with Crippen molar-refractivity contribution in [2.75, 3.05) is 0 Å². The monoisotopic (exact) mass is 233 g/mol. The van der Waals surface area contributed by atoms with Crippen LogP contribution in [0.15, 0.2) is 41.3 Å². The first-order chi connectivity index (χ1) is 8.11. The van der Waals surface area contributed by atoms with E-state index in [2.05, 4.69) is 4.98 Å². The zero-order valence-electron chi connectivity index (χ0n) is 8.61. The molecule has 0 fully saturated rings. The summed E-state index contributed by atoms with van der Waals surface area (Å²) >= 11 is 0. The normalized spacial score (nSPS) is 10.2. The van der Waals surface area contributed by atoms with Gasteiger partial charge in [-0.3, -0.25) is 4.79 Å². The maximum atomic E-state index is 13.6. The van der Waals surface area contributed by atoms with E-state index >= 15 is 0 Å². The highest BCUT2D eigenvalue weighted by atomic mass is 19.1. The minimum atomic E-state index is -1.27. The van der Waals surface area contributed by atoms with Gasteiger partial charge in [-0.15, -0.1) is 0 Å². The average Bonchev–Trinajstić information content (AvgIpc) is 2.30. The van der Waals surface area contributed by atoms with Gasteiger partial charge in [0.05, 0.1) is 11.1 Å². The molecule has 0 aliphatic carbocycles. The lowest BCUT2D eigenvalue weighted by atomic mass is 10.0. The highest BCUT2D eigenvalue weighted by Gasteiger charge is 2.17. The molecule has 2 N–H and O–H groups in total. The van der Waals surface area contributed by atoms with E-state index in [-0.39, 0.29) is 16.7 Å². The highest BCUT2D eigenvalue weighted by Crippen LogP contribution is 2.22. The summed E-state index contributed by atoms with van der Waals surface area (Å²) in [6.07, 6.45) is 1.22. The van der Waals surface area contributed by atoms with Gasteiger partial charge in [-0.1, -0.05) is 18.2 Å². The molecule has 0 unspecified atom stereocenters. The average molecular weight is 233 g/mol. The number of halogens is 1. The third-order valence-corrected chi connectivity index (χ3v) is 2.33. The summed E-state index contributed by atoms with van der Waals surface area (Å²) in [6, 6.07) is 6.78. The zero-order chi connectivity index (χ0) is 12.4. The summed E-state index contributed by atoms with van der Waals surface area (Å²) in [5.41, 5.74) is -1.04. The Bertz CT molecular complexity index is 634. The van der Waals surface area contributed by atoms with Crippen molar-refractivity contribution in [2.45, 2.75) is 0 Å². The van der Waals surface area contributed by atoms with Crippen molar-refractivity contribution >= 4 is 5.97 Å². The number of aromatic carboxylic acids is 1. The number of carbonyl (C=O) groups is 1. The number of pyridine rings is 1. The lowest BCUT2D eigenvalue weighted by Crippen LogP contribution is -2.14. The molecule has 1 aromatic heterocycles. The van der Waals surface area contributed by atoms with Gasteiger partial charge in [-0.2, -0.15) is 0 Å². The molecule has 2 rings (SSSR count). The summed E-state index contributed by atoms with van der Waals surface area (Å²) < 4.78 is 13.6. The van der Waals surface area contributed by atoms with Crippen LogP contribution in [0.2, 0.25) is 0 Å². The van der Waals surface area contributed by atoms with Crippen LogP contribution in [0.4, 0.5) is 4.39 Å². The van der Waals surface area contributed by atoms with Gasteiger partial charge in [0, 0.05) is 11.8 Å². The molecular formula is C12H8FNO3. The largest absolute Gasteiger partial charge is 0.478 e. The highest BCUT2D eigenvalue weighted by molar-refractivity contribution is 5.95. The topological polar surface area (TPSA) is 70.2 Å². The summed E-state index contributed by atoms with van der Waals surface area (Å²) in [4.78, 5) is 24.9. The molecule has 1 heterocycles. The number of H-pyrrole nitrogens is 1. The molecule has 86 valence electrons. The fraction of sp³-hybridized carbons (Fsp3) is 0. The quantitative estimate of drug-likeness (QED) is 0.831. The summed E-state index contributed by atoms with van der Waals surface area (Å²) in [7, 11) is 0. The molecule has 0 bridgehead atoms. The van der Waals surface area contributed by atoms with E-state index in [9.17, 15) is 14.0 Å². The molecule has 17 heavy (non-hydrogen) atoms. The van der Waals surface area contributed by atoms with Crippen LogP contribution in [0, 0.1) is 5.82 Å². The van der Waals surface area contributed by atoms with Gasteiger partial charge in [0.25, 0.3) is 5.56 Å². The Morgan fingerprint density at radius 2 is 1.94 bits per heavy atom. The minimum absolute atomic E-state index is 0.0215. The van der Waals surface area contributed by atoms with Crippen molar-refractivity contribution in [3.05, 3.63) is 58.3 Å². The van der Waals surface area contributed by atoms with Gasteiger partial charge in [-0.25, -0.2) is 9.18 Å². The number of aromatic amines is 1. The summed E-state index contributed by atoms with van der Waals surface area (Å²) in [5, 5.41) is 8.97. The Hall–Kier alpha value is -2.43. The molecule has 0 saturated carbocycles. The lowest BCUT2D eigenvalue weighted by Gasteiger charge is -2.05. The molecule has 0 atom stereocenters. The van der Waals surface area contributed by atoms with Crippen molar-refractivity contribution in [2.24, 2.45) is 0 Å². The van der Waals surface area contributed by atoms with Gasteiger partial charge in [0.1, 0.15) is 5.82 Å². The number of carboxylic acid groups (broad SMARTS) is 1. The second kappa shape index (κ2) is 4.21. The van der Waals surface area contributed by atoms with Gasteiger partial charge < -0.3 is 10.1 Å². The molecular weight excluding hydrogens is 225 g/mol. The predicted octanol–water partition coefficient (Wildman–Crippen LogP) is 1.88. The first-order valence-corrected chi connectivity index (χ1v) is 4.81. The van der Waals surface area contributed by atoms with Gasteiger partial charge >= 0.3 is 5.97 Å². The Kier molecular flexibility index (Phi) is 2.74. The Balaban J connectivity index is 2.80. The number of hydrogen-bond acceptors (Lipinski definition) is 2. The molecule has 1 aromatic carbocycles.